The van der Waals surface area contributed by atoms with Crippen molar-refractivity contribution < 1.29 is 14.0 Å². The summed E-state index contributed by atoms with van der Waals surface area (Å²) >= 11 is 1.55. The summed E-state index contributed by atoms with van der Waals surface area (Å²) in [7, 11) is 0. The van der Waals surface area contributed by atoms with E-state index >= 15 is 0 Å². The molecule has 0 atom stereocenters. The fraction of sp³-hybridized carbons (Fsp3) is 0.290. The molecule has 1 saturated heterocycles. The average Bonchev–Trinajstić information content (AvgIpc) is 3.41. The Kier molecular flexibility index (Phi) is 8.56. The van der Waals surface area contributed by atoms with Gasteiger partial charge in [0.15, 0.2) is 0 Å². The molecule has 196 valence electrons. The van der Waals surface area contributed by atoms with Crippen LogP contribution in [0.2, 0.25) is 0 Å². The number of amides is 2. The molecular formula is C31H32FN3O2S. The first-order valence-electron chi connectivity index (χ1n) is 13.2. The second kappa shape index (κ2) is 12.4. The molecule has 0 radical (unpaired) electrons. The van der Waals surface area contributed by atoms with Crippen LogP contribution in [0.4, 0.5) is 10.1 Å². The molecule has 0 aliphatic carbocycles. The van der Waals surface area contributed by atoms with Gasteiger partial charge in [0.25, 0.3) is 11.8 Å². The van der Waals surface area contributed by atoms with Crippen molar-refractivity contribution in [1.82, 2.24) is 10.2 Å². The van der Waals surface area contributed by atoms with Gasteiger partial charge in [-0.1, -0.05) is 54.2 Å². The number of benzene rings is 3. The third-order valence-corrected chi connectivity index (χ3v) is 8.00. The summed E-state index contributed by atoms with van der Waals surface area (Å²) in [5.41, 5.74) is 3.15. The molecule has 3 aromatic rings. The number of anilines is 1. The van der Waals surface area contributed by atoms with Gasteiger partial charge in [0.05, 0.1) is 12.2 Å². The number of allylic oxidation sites excluding steroid dienone is 1. The van der Waals surface area contributed by atoms with E-state index in [0.717, 1.165) is 47.0 Å². The predicted octanol–water partition coefficient (Wildman–Crippen LogP) is 5.81. The number of carbonyl (C=O) groups excluding carboxylic acids is 2. The van der Waals surface area contributed by atoms with E-state index in [9.17, 15) is 14.0 Å². The van der Waals surface area contributed by atoms with Gasteiger partial charge < -0.3 is 15.1 Å². The van der Waals surface area contributed by atoms with Crippen molar-refractivity contribution in [1.29, 1.82) is 0 Å². The van der Waals surface area contributed by atoms with E-state index in [0.29, 0.717) is 24.2 Å². The zero-order valence-electron chi connectivity index (χ0n) is 21.4. The Hall–Kier alpha value is -3.42. The molecule has 2 amide bonds. The summed E-state index contributed by atoms with van der Waals surface area (Å²) in [4.78, 5) is 32.5. The second-order valence-corrected chi connectivity index (χ2v) is 10.9. The highest BCUT2D eigenvalue weighted by molar-refractivity contribution is 8.03. The quantitative estimate of drug-likeness (QED) is 0.356. The normalized spacial score (nSPS) is 15.7. The molecule has 3 aromatic carbocycles. The van der Waals surface area contributed by atoms with Gasteiger partial charge in [0.2, 0.25) is 0 Å². The van der Waals surface area contributed by atoms with Gasteiger partial charge in [-0.2, -0.15) is 0 Å². The van der Waals surface area contributed by atoms with Gasteiger partial charge in [-0.25, -0.2) is 4.39 Å². The number of halogens is 1. The highest BCUT2D eigenvalue weighted by atomic mass is 32.2. The fourth-order valence-electron chi connectivity index (χ4n) is 4.89. The van der Waals surface area contributed by atoms with E-state index in [1.54, 1.807) is 40.9 Å². The molecule has 2 heterocycles. The first kappa shape index (κ1) is 26.2. The third-order valence-electron chi connectivity index (χ3n) is 6.91. The summed E-state index contributed by atoms with van der Waals surface area (Å²) < 4.78 is 13.5. The Bertz CT molecular complexity index is 1300. The van der Waals surface area contributed by atoms with Crippen LogP contribution in [-0.2, 0) is 17.8 Å². The van der Waals surface area contributed by atoms with Crippen molar-refractivity contribution in [3.8, 4) is 0 Å². The lowest BCUT2D eigenvalue weighted by Gasteiger charge is -2.23. The third kappa shape index (κ3) is 6.71. The predicted molar refractivity (Wildman–Crippen MR) is 151 cm³/mol. The number of carbonyl (C=O) groups is 2. The lowest BCUT2D eigenvalue weighted by atomic mass is 10.1. The van der Waals surface area contributed by atoms with Crippen molar-refractivity contribution in [2.24, 2.45) is 0 Å². The minimum absolute atomic E-state index is 0.143. The van der Waals surface area contributed by atoms with E-state index in [2.05, 4.69) is 10.2 Å². The van der Waals surface area contributed by atoms with Crippen molar-refractivity contribution in [3.63, 3.8) is 0 Å². The first-order valence-corrected chi connectivity index (χ1v) is 14.0. The Balaban J connectivity index is 1.36. The summed E-state index contributed by atoms with van der Waals surface area (Å²) in [5.74, 6) is -0.620. The Labute approximate surface area is 227 Å². The van der Waals surface area contributed by atoms with Crippen LogP contribution < -0.4 is 10.2 Å². The van der Waals surface area contributed by atoms with Gasteiger partial charge >= 0.3 is 0 Å². The van der Waals surface area contributed by atoms with Gasteiger partial charge in [0.1, 0.15) is 5.82 Å². The molecule has 0 saturated carbocycles. The monoisotopic (exact) mass is 529 g/mol. The topological polar surface area (TPSA) is 52.7 Å². The highest BCUT2D eigenvalue weighted by Crippen LogP contribution is 2.40. The number of nitrogens with zero attached hydrogens (tertiary/aromatic N) is 2. The second-order valence-electron chi connectivity index (χ2n) is 9.77. The average molecular weight is 530 g/mol. The molecule has 0 bridgehead atoms. The molecule has 0 unspecified atom stereocenters. The fourth-order valence-corrected chi connectivity index (χ4v) is 5.98. The highest BCUT2D eigenvalue weighted by Gasteiger charge is 2.25. The molecule has 0 spiro atoms. The number of hydrogen-bond acceptors (Lipinski definition) is 4. The maximum Gasteiger partial charge on any atom is 0.252 e. The zero-order chi connectivity index (χ0) is 26.3. The van der Waals surface area contributed by atoms with E-state index in [4.69, 9.17) is 0 Å². The van der Waals surface area contributed by atoms with Crippen LogP contribution in [0.3, 0.4) is 0 Å². The molecule has 1 N–H and O–H groups in total. The van der Waals surface area contributed by atoms with Gasteiger partial charge in [-0.3, -0.25) is 9.59 Å². The lowest BCUT2D eigenvalue weighted by molar-refractivity contribution is -0.114. The molecule has 7 heteroatoms. The number of likely N-dealkylation sites (tertiary alicyclic amines) is 1. The van der Waals surface area contributed by atoms with E-state index in [-0.39, 0.29) is 24.2 Å². The maximum absolute atomic E-state index is 13.5. The molecule has 5 nitrogen and oxygen atoms in total. The number of nitrogens with one attached hydrogen (secondary N) is 1. The Morgan fingerprint density at radius 1 is 0.947 bits per heavy atom. The number of rotatable bonds is 9. The SMILES string of the molecule is O=C(NCCCN1CCCC1)c1ccc2c(c1)N(Cc1ccc(F)cc1)C(=O)C=C(Cc1ccccc1)S2. The molecule has 1 fully saturated rings. The van der Waals surface area contributed by atoms with Crippen LogP contribution in [0.1, 0.15) is 40.7 Å². The summed E-state index contributed by atoms with van der Waals surface area (Å²) in [5, 5.41) is 3.04. The molecule has 5 rings (SSSR count). The number of fused-ring (bicyclic) bond motifs is 1. The van der Waals surface area contributed by atoms with Crippen LogP contribution in [0, 0.1) is 5.82 Å². The number of thioether (sulfide) groups is 1. The summed E-state index contributed by atoms with van der Waals surface area (Å²) in [6.45, 7) is 4.19. The van der Waals surface area contributed by atoms with E-state index < -0.39 is 0 Å². The van der Waals surface area contributed by atoms with Crippen LogP contribution in [0.25, 0.3) is 0 Å². The van der Waals surface area contributed by atoms with Gasteiger partial charge in [-0.15, -0.1) is 0 Å². The first-order chi connectivity index (χ1) is 18.5. The van der Waals surface area contributed by atoms with Crippen LogP contribution >= 0.6 is 11.8 Å². The van der Waals surface area contributed by atoms with Crippen molar-refractivity contribution >= 4 is 29.3 Å². The Morgan fingerprint density at radius 2 is 1.71 bits per heavy atom. The zero-order valence-corrected chi connectivity index (χ0v) is 22.2. The van der Waals surface area contributed by atoms with Crippen LogP contribution in [0.5, 0.6) is 0 Å². The maximum atomic E-state index is 13.5. The molecule has 0 aromatic heterocycles. The molecule has 2 aliphatic heterocycles. The molecule has 2 aliphatic rings. The summed E-state index contributed by atoms with van der Waals surface area (Å²) in [6, 6.07) is 21.8. The minimum atomic E-state index is -0.319. The Morgan fingerprint density at radius 3 is 2.47 bits per heavy atom. The standard InChI is InChI=1S/C31H32FN3O2S/c32-26-12-9-24(10-13-26)22-35-28-20-25(31(37)33-15-6-18-34-16-4-5-17-34)11-14-29(28)38-27(21-30(35)36)19-23-7-2-1-3-8-23/h1-3,7-14,20-21H,4-6,15-19,22H2,(H,33,37). The van der Waals surface area contributed by atoms with Crippen molar-refractivity contribution in [2.75, 3.05) is 31.1 Å². The molecular weight excluding hydrogens is 497 g/mol. The van der Waals surface area contributed by atoms with Gasteiger partial charge in [-0.05, 0) is 85.3 Å². The van der Waals surface area contributed by atoms with Gasteiger partial charge in [0, 0.05) is 29.5 Å². The van der Waals surface area contributed by atoms with Crippen LogP contribution in [0.15, 0.2) is 88.7 Å². The largest absolute Gasteiger partial charge is 0.352 e. The van der Waals surface area contributed by atoms with E-state index in [1.807, 2.05) is 42.5 Å². The number of hydrogen-bond donors (Lipinski definition) is 1. The smallest absolute Gasteiger partial charge is 0.252 e. The van der Waals surface area contributed by atoms with Crippen molar-refractivity contribution in [2.45, 2.75) is 37.1 Å². The summed E-state index contributed by atoms with van der Waals surface area (Å²) in [6.07, 6.45) is 5.75. The van der Waals surface area contributed by atoms with Crippen LogP contribution in [-0.4, -0.2) is 42.9 Å². The van der Waals surface area contributed by atoms with E-state index in [1.165, 1.54) is 25.0 Å². The molecule has 38 heavy (non-hydrogen) atoms. The lowest BCUT2D eigenvalue weighted by Crippen LogP contribution is -2.30. The van der Waals surface area contributed by atoms with Crippen molar-refractivity contribution in [3.05, 3.63) is 106 Å². The minimum Gasteiger partial charge on any atom is -0.352 e.